The molecule has 2 rings (SSSR count). The summed E-state index contributed by atoms with van der Waals surface area (Å²) in [6.45, 7) is 1.96. The first-order chi connectivity index (χ1) is 9.58. The highest BCUT2D eigenvalue weighted by atomic mass is 19.1. The van der Waals surface area contributed by atoms with Crippen LogP contribution >= 0.6 is 0 Å². The number of rotatable bonds is 4. The summed E-state index contributed by atoms with van der Waals surface area (Å²) in [4.78, 5) is 11.9. The number of aryl methyl sites for hydroxylation is 1. The van der Waals surface area contributed by atoms with E-state index in [0.29, 0.717) is 11.1 Å². The van der Waals surface area contributed by atoms with Crippen molar-refractivity contribution in [3.8, 4) is 0 Å². The maximum Gasteiger partial charge on any atom is 0.241 e. The lowest BCUT2D eigenvalue weighted by atomic mass is 10.1. The molecule has 1 amide bonds. The van der Waals surface area contributed by atoms with E-state index in [2.05, 4.69) is 5.32 Å². The minimum absolute atomic E-state index is 0.260. The number of carbonyl (C=O) groups excluding carboxylic acids is 1. The van der Waals surface area contributed by atoms with E-state index < -0.39 is 6.04 Å². The molecule has 20 heavy (non-hydrogen) atoms. The molecule has 104 valence electrons. The first kappa shape index (κ1) is 14.2. The van der Waals surface area contributed by atoms with Gasteiger partial charge in [-0.15, -0.1) is 0 Å². The van der Waals surface area contributed by atoms with Crippen LogP contribution in [0, 0.1) is 12.7 Å². The summed E-state index contributed by atoms with van der Waals surface area (Å²) in [6.07, 6.45) is 0. The molecule has 0 aliphatic rings. The molecule has 0 unspecified atom stereocenters. The van der Waals surface area contributed by atoms with Gasteiger partial charge in [-0.1, -0.05) is 42.5 Å². The average Bonchev–Trinajstić information content (AvgIpc) is 2.48. The molecule has 1 atom stereocenters. The molecule has 3 N–H and O–H groups in total. The molecule has 0 aliphatic heterocycles. The van der Waals surface area contributed by atoms with Gasteiger partial charge < -0.3 is 11.1 Å². The molecule has 2 aromatic carbocycles. The van der Waals surface area contributed by atoms with Crippen LogP contribution in [-0.2, 0) is 11.3 Å². The molecule has 3 nitrogen and oxygen atoms in total. The molecule has 4 heteroatoms. The fourth-order valence-corrected chi connectivity index (χ4v) is 1.86. The Balaban J connectivity index is 1.96. The zero-order valence-electron chi connectivity index (χ0n) is 11.3. The molecule has 0 aromatic heterocycles. The van der Waals surface area contributed by atoms with Gasteiger partial charge in [0.2, 0.25) is 5.91 Å². The first-order valence-electron chi connectivity index (χ1n) is 6.41. The van der Waals surface area contributed by atoms with Gasteiger partial charge in [-0.3, -0.25) is 4.79 Å². The summed E-state index contributed by atoms with van der Waals surface area (Å²) in [6, 6.07) is 13.3. The second-order valence-corrected chi connectivity index (χ2v) is 4.69. The van der Waals surface area contributed by atoms with Gasteiger partial charge in [-0.05, 0) is 29.7 Å². The summed E-state index contributed by atoms with van der Waals surface area (Å²) < 4.78 is 13.4. The normalized spacial score (nSPS) is 11.9. The monoisotopic (exact) mass is 272 g/mol. The number of hydrogen-bond donors (Lipinski definition) is 2. The molecule has 0 radical (unpaired) electrons. The Morgan fingerprint density at radius 2 is 1.95 bits per heavy atom. The Hall–Kier alpha value is -2.20. The maximum atomic E-state index is 13.4. The highest BCUT2D eigenvalue weighted by molar-refractivity contribution is 5.82. The Bertz CT molecular complexity index is 599. The lowest BCUT2D eigenvalue weighted by molar-refractivity contribution is -0.122. The predicted molar refractivity (Wildman–Crippen MR) is 76.4 cm³/mol. The number of amides is 1. The van der Waals surface area contributed by atoms with Gasteiger partial charge in [-0.2, -0.15) is 0 Å². The quantitative estimate of drug-likeness (QED) is 0.898. The number of nitrogens with one attached hydrogen (secondary N) is 1. The number of halogens is 1. The summed E-state index contributed by atoms with van der Waals surface area (Å²) >= 11 is 0. The fraction of sp³-hybridized carbons (Fsp3) is 0.188. The third-order valence-electron chi connectivity index (χ3n) is 3.14. The average molecular weight is 272 g/mol. The van der Waals surface area contributed by atoms with E-state index in [1.165, 1.54) is 6.07 Å². The molecule has 0 bridgehead atoms. The van der Waals surface area contributed by atoms with Crippen molar-refractivity contribution >= 4 is 5.91 Å². The lowest BCUT2D eigenvalue weighted by Crippen LogP contribution is -2.33. The minimum Gasteiger partial charge on any atom is -0.350 e. The summed E-state index contributed by atoms with van der Waals surface area (Å²) in [5.41, 5.74) is 7.91. The Morgan fingerprint density at radius 3 is 2.60 bits per heavy atom. The van der Waals surface area contributed by atoms with E-state index in [-0.39, 0.29) is 18.3 Å². The second-order valence-electron chi connectivity index (χ2n) is 4.69. The van der Waals surface area contributed by atoms with E-state index in [9.17, 15) is 9.18 Å². The smallest absolute Gasteiger partial charge is 0.241 e. The van der Waals surface area contributed by atoms with Crippen LogP contribution in [0.15, 0.2) is 48.5 Å². The van der Waals surface area contributed by atoms with E-state index in [4.69, 9.17) is 5.73 Å². The predicted octanol–water partition coefficient (Wildman–Crippen LogP) is 2.45. The zero-order valence-corrected chi connectivity index (χ0v) is 11.3. The summed E-state index contributed by atoms with van der Waals surface area (Å²) in [7, 11) is 0. The van der Waals surface area contributed by atoms with Gasteiger partial charge in [0.15, 0.2) is 0 Å². The number of benzene rings is 2. The van der Waals surface area contributed by atoms with Crippen LogP contribution in [0.2, 0.25) is 0 Å². The van der Waals surface area contributed by atoms with Crippen molar-refractivity contribution in [3.63, 3.8) is 0 Å². The van der Waals surface area contributed by atoms with Crippen LogP contribution < -0.4 is 11.1 Å². The van der Waals surface area contributed by atoms with Crippen LogP contribution in [0.1, 0.15) is 22.7 Å². The second kappa shape index (κ2) is 6.30. The summed E-state index contributed by atoms with van der Waals surface area (Å²) in [5.74, 6) is -0.554. The van der Waals surface area contributed by atoms with Gasteiger partial charge >= 0.3 is 0 Å². The fourth-order valence-electron chi connectivity index (χ4n) is 1.86. The molecule has 2 aromatic rings. The topological polar surface area (TPSA) is 55.1 Å². The lowest BCUT2D eigenvalue weighted by Gasteiger charge is -2.12. The minimum atomic E-state index is -0.716. The van der Waals surface area contributed by atoms with Crippen molar-refractivity contribution in [1.29, 1.82) is 0 Å². The third-order valence-corrected chi connectivity index (χ3v) is 3.14. The molecule has 0 aliphatic carbocycles. The van der Waals surface area contributed by atoms with Gasteiger partial charge in [0, 0.05) is 6.54 Å². The van der Waals surface area contributed by atoms with Gasteiger partial charge in [0.25, 0.3) is 0 Å². The zero-order chi connectivity index (χ0) is 14.5. The Labute approximate surface area is 117 Å². The highest BCUT2D eigenvalue weighted by Gasteiger charge is 2.14. The van der Waals surface area contributed by atoms with Crippen molar-refractivity contribution in [1.82, 2.24) is 5.32 Å². The SMILES string of the molecule is Cc1ccc(CNC(=O)[C@@H](N)c2ccccc2)cc1F. The Morgan fingerprint density at radius 1 is 1.25 bits per heavy atom. The van der Waals surface area contributed by atoms with E-state index in [1.807, 2.05) is 18.2 Å². The standard InChI is InChI=1S/C16H17FN2O/c1-11-7-8-12(9-14(11)17)10-19-16(20)15(18)13-5-3-2-4-6-13/h2-9,15H,10,18H2,1H3,(H,19,20)/t15-/m0/s1. The molecule has 0 saturated heterocycles. The van der Waals surface area contributed by atoms with Crippen molar-refractivity contribution in [2.24, 2.45) is 5.73 Å². The molecule has 0 fully saturated rings. The molecule has 0 spiro atoms. The number of carbonyl (C=O) groups is 1. The molecule has 0 heterocycles. The van der Waals surface area contributed by atoms with Crippen molar-refractivity contribution < 1.29 is 9.18 Å². The number of hydrogen-bond acceptors (Lipinski definition) is 2. The van der Waals surface area contributed by atoms with Crippen LogP contribution in [0.3, 0.4) is 0 Å². The van der Waals surface area contributed by atoms with Crippen LogP contribution in [0.4, 0.5) is 4.39 Å². The van der Waals surface area contributed by atoms with Crippen LogP contribution in [0.25, 0.3) is 0 Å². The maximum absolute atomic E-state index is 13.4. The molecular weight excluding hydrogens is 255 g/mol. The van der Waals surface area contributed by atoms with Gasteiger partial charge in [0.05, 0.1) is 0 Å². The van der Waals surface area contributed by atoms with E-state index >= 15 is 0 Å². The first-order valence-corrected chi connectivity index (χ1v) is 6.41. The highest BCUT2D eigenvalue weighted by Crippen LogP contribution is 2.11. The van der Waals surface area contributed by atoms with E-state index in [0.717, 1.165) is 5.56 Å². The van der Waals surface area contributed by atoms with Crippen LogP contribution in [0.5, 0.6) is 0 Å². The van der Waals surface area contributed by atoms with E-state index in [1.54, 1.807) is 31.2 Å². The van der Waals surface area contributed by atoms with Crippen molar-refractivity contribution in [2.45, 2.75) is 19.5 Å². The molecule has 0 saturated carbocycles. The van der Waals surface area contributed by atoms with Crippen LogP contribution in [-0.4, -0.2) is 5.91 Å². The van der Waals surface area contributed by atoms with Gasteiger partial charge in [-0.25, -0.2) is 4.39 Å². The number of nitrogens with two attached hydrogens (primary N) is 1. The largest absolute Gasteiger partial charge is 0.350 e. The Kier molecular flexibility index (Phi) is 4.48. The van der Waals surface area contributed by atoms with Gasteiger partial charge in [0.1, 0.15) is 11.9 Å². The van der Waals surface area contributed by atoms with Crippen molar-refractivity contribution in [3.05, 3.63) is 71.0 Å². The summed E-state index contributed by atoms with van der Waals surface area (Å²) in [5, 5.41) is 2.71. The third kappa shape index (κ3) is 3.42. The van der Waals surface area contributed by atoms with Crippen molar-refractivity contribution in [2.75, 3.05) is 0 Å². The molecular formula is C16H17FN2O.